The third-order valence-corrected chi connectivity index (χ3v) is 6.24. The van der Waals surface area contributed by atoms with Gasteiger partial charge in [0.1, 0.15) is 16.5 Å². The number of benzene rings is 2. The van der Waals surface area contributed by atoms with Gasteiger partial charge in [-0.1, -0.05) is 11.6 Å². The average molecular weight is 462 g/mol. The molecule has 8 nitrogen and oxygen atoms in total. The number of ether oxygens (including phenoxy) is 1. The van der Waals surface area contributed by atoms with Crippen LogP contribution < -0.4 is 19.7 Å². The van der Waals surface area contributed by atoms with Crippen LogP contribution in [0.4, 0.5) is 23.1 Å². The molecule has 0 saturated carbocycles. The molecule has 0 radical (unpaired) electrons. The number of methoxy groups -OCH3 is 1. The van der Waals surface area contributed by atoms with Crippen LogP contribution in [0, 0.1) is 13.8 Å². The van der Waals surface area contributed by atoms with Gasteiger partial charge in [-0.25, -0.2) is 13.4 Å². The highest BCUT2D eigenvalue weighted by Crippen LogP contribution is 2.31. The third-order valence-electron chi connectivity index (χ3n) is 4.43. The first-order chi connectivity index (χ1) is 14.6. The highest BCUT2D eigenvalue weighted by molar-refractivity contribution is 7.92. The van der Waals surface area contributed by atoms with Crippen LogP contribution >= 0.6 is 11.6 Å². The van der Waals surface area contributed by atoms with E-state index in [4.69, 9.17) is 16.3 Å². The highest BCUT2D eigenvalue weighted by Gasteiger charge is 2.21. The number of aromatic nitrogens is 2. The van der Waals surface area contributed by atoms with Crippen LogP contribution in [0.15, 0.2) is 47.4 Å². The number of halogens is 1. The Kier molecular flexibility index (Phi) is 6.56. The van der Waals surface area contributed by atoms with Crippen LogP contribution in [0.3, 0.4) is 0 Å². The zero-order valence-electron chi connectivity index (χ0n) is 17.9. The number of sulfonamides is 1. The van der Waals surface area contributed by atoms with Gasteiger partial charge in [-0.2, -0.15) is 4.98 Å². The Labute approximate surface area is 187 Å². The quantitative estimate of drug-likeness (QED) is 0.539. The number of hydrogen-bond acceptors (Lipinski definition) is 7. The third kappa shape index (κ3) is 5.36. The molecule has 0 fully saturated rings. The zero-order valence-corrected chi connectivity index (χ0v) is 19.5. The second-order valence-corrected chi connectivity index (χ2v) is 9.20. The van der Waals surface area contributed by atoms with E-state index in [0.29, 0.717) is 22.3 Å². The second kappa shape index (κ2) is 8.99. The van der Waals surface area contributed by atoms with E-state index in [1.807, 2.05) is 32.0 Å². The molecule has 2 N–H and O–H groups in total. The maximum atomic E-state index is 12.9. The summed E-state index contributed by atoms with van der Waals surface area (Å²) in [7, 11) is 1.33. The van der Waals surface area contributed by atoms with Crippen molar-refractivity contribution in [3.05, 3.63) is 58.7 Å². The number of nitrogens with one attached hydrogen (secondary N) is 2. The number of hydrogen-bond donors (Lipinski definition) is 2. The Balaban J connectivity index is 1.80. The Bertz CT molecular complexity index is 1200. The lowest BCUT2D eigenvalue weighted by Gasteiger charge is -2.15. The molecule has 0 atom stereocenters. The molecular formula is C21H24ClN5O3S. The van der Waals surface area contributed by atoms with Crippen molar-refractivity contribution in [1.82, 2.24) is 9.97 Å². The standard InChI is InChI=1S/C21H24ClN5O3S/c1-13-10-18(30-5)19(12-17(13)22)31(28,29)26-16-8-6-15(7-9-16)24-21-23-14(2)11-20(25-21)27(3)4/h6-12,26H,1-5H3,(H,23,24,25). The van der Waals surface area contributed by atoms with Crippen LogP contribution in [0.1, 0.15) is 11.3 Å². The lowest BCUT2D eigenvalue weighted by molar-refractivity contribution is 0.402. The molecule has 0 aliphatic carbocycles. The summed E-state index contributed by atoms with van der Waals surface area (Å²) in [4.78, 5) is 10.7. The van der Waals surface area contributed by atoms with Gasteiger partial charge in [0.25, 0.3) is 10.0 Å². The van der Waals surface area contributed by atoms with E-state index in [2.05, 4.69) is 20.0 Å². The summed E-state index contributed by atoms with van der Waals surface area (Å²) in [5.74, 6) is 1.46. The minimum Gasteiger partial charge on any atom is -0.495 e. The summed E-state index contributed by atoms with van der Waals surface area (Å²) < 4.78 is 33.5. The van der Waals surface area contributed by atoms with Gasteiger partial charge in [0.15, 0.2) is 0 Å². The van der Waals surface area contributed by atoms with Crippen LogP contribution in [0.2, 0.25) is 5.02 Å². The Morgan fingerprint density at radius 1 is 1.00 bits per heavy atom. The summed E-state index contributed by atoms with van der Waals surface area (Å²) in [5.41, 5.74) is 2.66. The minimum absolute atomic E-state index is 0.0304. The van der Waals surface area contributed by atoms with Gasteiger partial charge in [-0.15, -0.1) is 0 Å². The Morgan fingerprint density at radius 3 is 2.26 bits per heavy atom. The van der Waals surface area contributed by atoms with Crippen LogP contribution in [0.25, 0.3) is 0 Å². The van der Waals surface area contributed by atoms with Crippen molar-refractivity contribution < 1.29 is 13.2 Å². The van der Waals surface area contributed by atoms with Crippen LogP contribution in [0.5, 0.6) is 5.75 Å². The molecule has 0 unspecified atom stereocenters. The molecule has 0 aliphatic rings. The fraction of sp³-hybridized carbons (Fsp3) is 0.238. The lowest BCUT2D eigenvalue weighted by Crippen LogP contribution is -2.14. The van der Waals surface area contributed by atoms with Crippen molar-refractivity contribution in [3.8, 4) is 5.75 Å². The van der Waals surface area contributed by atoms with Gasteiger partial charge >= 0.3 is 0 Å². The summed E-state index contributed by atoms with van der Waals surface area (Å²) in [6, 6.07) is 11.6. The predicted molar refractivity (Wildman–Crippen MR) is 124 cm³/mol. The topological polar surface area (TPSA) is 96.5 Å². The van der Waals surface area contributed by atoms with E-state index in [0.717, 1.165) is 17.1 Å². The van der Waals surface area contributed by atoms with Gasteiger partial charge < -0.3 is 15.0 Å². The summed E-state index contributed by atoms with van der Waals surface area (Å²) in [6.45, 7) is 3.67. The van der Waals surface area contributed by atoms with Crippen molar-refractivity contribution in [2.75, 3.05) is 36.1 Å². The summed E-state index contributed by atoms with van der Waals surface area (Å²) in [6.07, 6.45) is 0. The molecule has 3 aromatic rings. The largest absolute Gasteiger partial charge is 0.495 e. The Hall–Kier alpha value is -3.04. The normalized spacial score (nSPS) is 11.2. The van der Waals surface area contributed by atoms with Crippen molar-refractivity contribution in [2.45, 2.75) is 18.7 Å². The second-order valence-electron chi connectivity index (χ2n) is 7.15. The summed E-state index contributed by atoms with van der Waals surface area (Å²) >= 11 is 6.12. The maximum absolute atomic E-state index is 12.9. The molecule has 1 aromatic heterocycles. The molecule has 0 aliphatic heterocycles. The van der Waals surface area contributed by atoms with Crippen LogP contribution in [-0.4, -0.2) is 39.6 Å². The minimum atomic E-state index is -3.90. The lowest BCUT2D eigenvalue weighted by atomic mass is 10.2. The average Bonchev–Trinajstić information content (AvgIpc) is 2.70. The summed E-state index contributed by atoms with van der Waals surface area (Å²) in [5, 5.41) is 3.47. The number of aryl methyl sites for hydroxylation is 2. The van der Waals surface area contributed by atoms with E-state index in [9.17, 15) is 8.42 Å². The van der Waals surface area contributed by atoms with Gasteiger partial charge in [0.2, 0.25) is 5.95 Å². The van der Waals surface area contributed by atoms with Crippen molar-refractivity contribution in [3.63, 3.8) is 0 Å². The van der Waals surface area contributed by atoms with E-state index in [1.54, 1.807) is 37.3 Å². The maximum Gasteiger partial charge on any atom is 0.265 e. The zero-order chi connectivity index (χ0) is 22.8. The predicted octanol–water partition coefficient (Wildman–Crippen LogP) is 4.37. The molecule has 0 spiro atoms. The smallest absolute Gasteiger partial charge is 0.265 e. The van der Waals surface area contributed by atoms with Gasteiger partial charge in [0, 0.05) is 42.3 Å². The first-order valence-corrected chi connectivity index (χ1v) is 11.2. The molecule has 0 amide bonds. The molecule has 0 saturated heterocycles. The fourth-order valence-electron chi connectivity index (χ4n) is 2.80. The molecule has 31 heavy (non-hydrogen) atoms. The van der Waals surface area contributed by atoms with Gasteiger partial charge in [0.05, 0.1) is 7.11 Å². The Morgan fingerprint density at radius 2 is 1.65 bits per heavy atom. The fourth-order valence-corrected chi connectivity index (χ4v) is 4.27. The molecular weight excluding hydrogens is 438 g/mol. The van der Waals surface area contributed by atoms with Crippen LogP contribution in [-0.2, 0) is 10.0 Å². The van der Waals surface area contributed by atoms with Gasteiger partial charge in [-0.3, -0.25) is 4.72 Å². The van der Waals surface area contributed by atoms with E-state index < -0.39 is 10.0 Å². The number of anilines is 4. The van der Waals surface area contributed by atoms with Crippen molar-refractivity contribution >= 4 is 44.8 Å². The first kappa shape index (κ1) is 22.6. The SMILES string of the molecule is COc1cc(C)c(Cl)cc1S(=O)(=O)Nc1ccc(Nc2nc(C)cc(N(C)C)n2)cc1. The molecule has 2 aromatic carbocycles. The first-order valence-electron chi connectivity index (χ1n) is 9.36. The van der Waals surface area contributed by atoms with E-state index >= 15 is 0 Å². The highest BCUT2D eigenvalue weighted by atomic mass is 35.5. The van der Waals surface area contributed by atoms with E-state index in [1.165, 1.54) is 13.2 Å². The number of nitrogens with zero attached hydrogens (tertiary/aromatic N) is 3. The molecule has 0 bridgehead atoms. The molecule has 164 valence electrons. The molecule has 1 heterocycles. The molecule has 10 heteroatoms. The van der Waals surface area contributed by atoms with Gasteiger partial charge in [-0.05, 0) is 55.8 Å². The molecule has 3 rings (SSSR count). The monoisotopic (exact) mass is 461 g/mol. The number of rotatable bonds is 7. The van der Waals surface area contributed by atoms with Crippen molar-refractivity contribution in [1.29, 1.82) is 0 Å². The van der Waals surface area contributed by atoms with E-state index in [-0.39, 0.29) is 10.6 Å². The van der Waals surface area contributed by atoms with Crippen molar-refractivity contribution in [2.24, 2.45) is 0 Å².